The summed E-state index contributed by atoms with van der Waals surface area (Å²) in [7, 11) is 0. The maximum absolute atomic E-state index is 8.65. The predicted molar refractivity (Wildman–Crippen MR) is 73.6 cm³/mol. The lowest BCUT2D eigenvalue weighted by atomic mass is 10.3. The van der Waals surface area contributed by atoms with E-state index in [9.17, 15) is 0 Å². The summed E-state index contributed by atoms with van der Waals surface area (Å²) in [6.45, 7) is 2.92. The van der Waals surface area contributed by atoms with E-state index in [-0.39, 0.29) is 6.61 Å². The van der Waals surface area contributed by atoms with E-state index >= 15 is 0 Å². The zero-order valence-electron chi connectivity index (χ0n) is 10.4. The first-order chi connectivity index (χ1) is 8.83. The number of aliphatic hydroxyl groups excluding tert-OH is 1. The van der Waals surface area contributed by atoms with Gasteiger partial charge in [0.25, 0.3) is 0 Å². The highest BCUT2D eigenvalue weighted by Crippen LogP contribution is 2.16. The fourth-order valence-electron chi connectivity index (χ4n) is 1.77. The van der Waals surface area contributed by atoms with E-state index in [2.05, 4.69) is 34.4 Å². The molecule has 18 heavy (non-hydrogen) atoms. The lowest BCUT2D eigenvalue weighted by Crippen LogP contribution is -2.02. The molecule has 2 aromatic rings. The lowest BCUT2D eigenvalue weighted by Gasteiger charge is -2.04. The van der Waals surface area contributed by atoms with Gasteiger partial charge in [-0.15, -0.1) is 11.3 Å². The molecule has 0 atom stereocenters. The fourth-order valence-corrected chi connectivity index (χ4v) is 2.59. The molecule has 1 N–H and O–H groups in total. The molecule has 0 saturated heterocycles. The molecular weight excluding hydrogens is 244 g/mol. The number of nitrogens with zero attached hydrogens (tertiary/aromatic N) is 2. The number of thiophene rings is 1. The molecule has 0 spiro atoms. The Morgan fingerprint density at radius 3 is 3.17 bits per heavy atom. The van der Waals surface area contributed by atoms with E-state index in [4.69, 9.17) is 5.11 Å². The smallest absolute Gasteiger partial charge is 0.108 e. The van der Waals surface area contributed by atoms with Crippen LogP contribution in [-0.4, -0.2) is 21.3 Å². The van der Waals surface area contributed by atoms with Crippen LogP contribution in [0.25, 0.3) is 0 Å². The van der Waals surface area contributed by atoms with Gasteiger partial charge in [0.15, 0.2) is 0 Å². The summed E-state index contributed by atoms with van der Waals surface area (Å²) in [5, 5.41) is 10.7. The van der Waals surface area contributed by atoms with E-state index in [1.807, 2.05) is 17.8 Å². The molecule has 0 aliphatic carbocycles. The Hall–Kier alpha value is -1.57. The summed E-state index contributed by atoms with van der Waals surface area (Å²) >= 11 is 1.69. The summed E-state index contributed by atoms with van der Waals surface area (Å²) in [5.41, 5.74) is 0.973. The van der Waals surface area contributed by atoms with Crippen molar-refractivity contribution in [3.05, 3.63) is 40.1 Å². The van der Waals surface area contributed by atoms with Crippen LogP contribution in [0.5, 0.6) is 0 Å². The molecular formula is C14H16N2OS. The third-order valence-corrected chi connectivity index (χ3v) is 3.49. The van der Waals surface area contributed by atoms with Crippen molar-refractivity contribution in [3.8, 4) is 11.8 Å². The van der Waals surface area contributed by atoms with Gasteiger partial charge in [-0.1, -0.05) is 18.8 Å². The number of hydrogen-bond acceptors (Lipinski definition) is 3. The van der Waals surface area contributed by atoms with E-state index in [1.54, 1.807) is 11.3 Å². The first-order valence-electron chi connectivity index (χ1n) is 6.00. The molecule has 0 bridgehead atoms. The van der Waals surface area contributed by atoms with Gasteiger partial charge < -0.3 is 9.67 Å². The summed E-state index contributed by atoms with van der Waals surface area (Å²) in [5.74, 6) is 6.71. The van der Waals surface area contributed by atoms with Crippen molar-refractivity contribution in [1.82, 2.24) is 9.55 Å². The van der Waals surface area contributed by atoms with E-state index in [0.29, 0.717) is 0 Å². The molecule has 0 aliphatic heterocycles. The van der Waals surface area contributed by atoms with E-state index < -0.39 is 0 Å². The molecule has 4 heteroatoms. The third-order valence-electron chi connectivity index (χ3n) is 2.57. The van der Waals surface area contributed by atoms with Crippen LogP contribution in [0.2, 0.25) is 0 Å². The van der Waals surface area contributed by atoms with Crippen LogP contribution in [0.15, 0.2) is 23.8 Å². The van der Waals surface area contributed by atoms with Crippen molar-refractivity contribution >= 4 is 11.3 Å². The van der Waals surface area contributed by atoms with Gasteiger partial charge in [-0.05, 0) is 12.5 Å². The molecule has 2 heterocycles. The minimum absolute atomic E-state index is 0.0899. The summed E-state index contributed by atoms with van der Waals surface area (Å²) in [4.78, 5) is 5.62. The molecule has 3 nitrogen and oxygen atoms in total. The average molecular weight is 260 g/mol. The Morgan fingerprint density at radius 2 is 2.39 bits per heavy atom. The summed E-state index contributed by atoms with van der Waals surface area (Å²) < 4.78 is 2.18. The zero-order valence-corrected chi connectivity index (χ0v) is 11.2. The van der Waals surface area contributed by atoms with Gasteiger partial charge in [-0.2, -0.15) is 0 Å². The van der Waals surface area contributed by atoms with Gasteiger partial charge in [-0.3, -0.25) is 0 Å². The van der Waals surface area contributed by atoms with E-state index in [1.165, 1.54) is 4.88 Å². The number of imidazole rings is 1. The topological polar surface area (TPSA) is 38.0 Å². The van der Waals surface area contributed by atoms with Crippen LogP contribution in [0, 0.1) is 11.8 Å². The van der Waals surface area contributed by atoms with Gasteiger partial charge in [0.2, 0.25) is 0 Å². The average Bonchev–Trinajstić information content (AvgIpc) is 2.98. The zero-order chi connectivity index (χ0) is 12.8. The quantitative estimate of drug-likeness (QED) is 0.857. The predicted octanol–water partition coefficient (Wildman–Crippen LogP) is 2.29. The van der Waals surface area contributed by atoms with Crippen LogP contribution in [0.4, 0.5) is 0 Å². The highest BCUT2D eigenvalue weighted by molar-refractivity contribution is 7.10. The molecule has 2 aromatic heterocycles. The van der Waals surface area contributed by atoms with Crippen molar-refractivity contribution in [2.75, 3.05) is 6.61 Å². The monoisotopic (exact) mass is 260 g/mol. The molecule has 0 unspecified atom stereocenters. The Bertz CT molecular complexity index is 560. The summed E-state index contributed by atoms with van der Waals surface area (Å²) in [6, 6.07) is 2.07. The van der Waals surface area contributed by atoms with E-state index in [0.717, 1.165) is 30.8 Å². The molecule has 0 aliphatic rings. The van der Waals surface area contributed by atoms with Gasteiger partial charge >= 0.3 is 0 Å². The number of rotatable bonds is 4. The maximum atomic E-state index is 8.65. The second-order valence-electron chi connectivity index (χ2n) is 3.98. The van der Waals surface area contributed by atoms with Crippen molar-refractivity contribution in [3.63, 3.8) is 0 Å². The van der Waals surface area contributed by atoms with Crippen LogP contribution in [-0.2, 0) is 13.0 Å². The normalized spacial score (nSPS) is 10.1. The number of aliphatic hydroxyl groups is 1. The SMILES string of the molecule is CCCc1nccn1Cc1cc(C#CCO)cs1. The Kier molecular flexibility index (Phi) is 4.57. The second kappa shape index (κ2) is 6.39. The molecule has 94 valence electrons. The van der Waals surface area contributed by atoms with Crippen molar-refractivity contribution < 1.29 is 5.11 Å². The first kappa shape index (κ1) is 12.9. The minimum atomic E-state index is -0.0899. The van der Waals surface area contributed by atoms with Crippen LogP contribution < -0.4 is 0 Å². The molecule has 0 radical (unpaired) electrons. The molecule has 0 saturated carbocycles. The Balaban J connectivity index is 2.09. The van der Waals surface area contributed by atoms with Crippen LogP contribution >= 0.6 is 11.3 Å². The second-order valence-corrected chi connectivity index (χ2v) is 4.98. The largest absolute Gasteiger partial charge is 0.384 e. The van der Waals surface area contributed by atoms with Crippen molar-refractivity contribution in [2.24, 2.45) is 0 Å². The lowest BCUT2D eigenvalue weighted by molar-refractivity contribution is 0.350. The van der Waals surface area contributed by atoms with Gasteiger partial charge in [-0.25, -0.2) is 4.98 Å². The molecule has 0 fully saturated rings. The third kappa shape index (κ3) is 3.22. The Morgan fingerprint density at radius 1 is 1.50 bits per heavy atom. The van der Waals surface area contributed by atoms with Crippen molar-refractivity contribution in [1.29, 1.82) is 0 Å². The van der Waals surface area contributed by atoms with Crippen molar-refractivity contribution in [2.45, 2.75) is 26.3 Å². The fraction of sp³-hybridized carbons (Fsp3) is 0.357. The maximum Gasteiger partial charge on any atom is 0.108 e. The molecule has 0 amide bonds. The van der Waals surface area contributed by atoms with Gasteiger partial charge in [0.1, 0.15) is 12.4 Å². The standard InChI is InChI=1S/C14H16N2OS/c1-2-4-14-15-6-7-16(14)10-13-9-12(11-18-13)5-3-8-17/h6-7,9,11,17H,2,4,8,10H2,1H3. The highest BCUT2D eigenvalue weighted by atomic mass is 32.1. The number of hydrogen-bond donors (Lipinski definition) is 1. The Labute approximate surface area is 111 Å². The number of aromatic nitrogens is 2. The highest BCUT2D eigenvalue weighted by Gasteiger charge is 2.04. The molecule has 2 rings (SSSR count). The number of aryl methyl sites for hydroxylation is 1. The first-order valence-corrected chi connectivity index (χ1v) is 6.88. The minimum Gasteiger partial charge on any atom is -0.384 e. The van der Waals surface area contributed by atoms with Crippen LogP contribution in [0.1, 0.15) is 29.6 Å². The van der Waals surface area contributed by atoms with Crippen LogP contribution in [0.3, 0.4) is 0 Å². The van der Waals surface area contributed by atoms with Gasteiger partial charge in [0, 0.05) is 34.6 Å². The summed E-state index contributed by atoms with van der Waals surface area (Å²) in [6.07, 6.45) is 5.99. The van der Waals surface area contributed by atoms with Gasteiger partial charge in [0.05, 0.1) is 6.54 Å². The molecule has 0 aromatic carbocycles.